The van der Waals surface area contributed by atoms with E-state index in [2.05, 4.69) is 22.2 Å². The molecular weight excluding hydrogens is 334 g/mol. The molecule has 0 spiro atoms. The van der Waals surface area contributed by atoms with E-state index in [-0.39, 0.29) is 10.6 Å². The van der Waals surface area contributed by atoms with Crippen LogP contribution in [0.25, 0.3) is 16.8 Å². The third-order valence-corrected chi connectivity index (χ3v) is 4.69. The first kappa shape index (κ1) is 15.7. The maximum absolute atomic E-state index is 12.6. The van der Waals surface area contributed by atoms with E-state index in [4.69, 9.17) is 11.6 Å². The molecule has 0 aliphatic heterocycles. The topological polar surface area (TPSA) is 50.2 Å². The van der Waals surface area contributed by atoms with Crippen molar-refractivity contribution in [2.24, 2.45) is 0 Å². The highest BCUT2D eigenvalue weighted by molar-refractivity contribution is 6.31. The third-order valence-electron chi connectivity index (χ3n) is 4.25. The summed E-state index contributed by atoms with van der Waals surface area (Å²) in [4.78, 5) is 17.1. The zero-order chi connectivity index (χ0) is 17.4. The van der Waals surface area contributed by atoms with Gasteiger partial charge in [0.1, 0.15) is 5.02 Å². The first-order valence-corrected chi connectivity index (χ1v) is 8.42. The second kappa shape index (κ2) is 6.22. The molecule has 25 heavy (non-hydrogen) atoms. The van der Waals surface area contributed by atoms with E-state index in [0.29, 0.717) is 17.8 Å². The van der Waals surface area contributed by atoms with E-state index in [0.717, 1.165) is 22.4 Å². The fraction of sp³-hybridized carbons (Fsp3) is 0.100. The summed E-state index contributed by atoms with van der Waals surface area (Å²) < 4.78 is 1.44. The Morgan fingerprint density at radius 3 is 2.36 bits per heavy atom. The minimum Gasteiger partial charge on any atom is -0.293 e. The van der Waals surface area contributed by atoms with E-state index in [9.17, 15) is 4.79 Å². The van der Waals surface area contributed by atoms with Gasteiger partial charge >= 0.3 is 0 Å². The number of aromatic amines is 1. The van der Waals surface area contributed by atoms with Gasteiger partial charge in [-0.1, -0.05) is 72.3 Å². The summed E-state index contributed by atoms with van der Waals surface area (Å²) >= 11 is 6.11. The average Bonchev–Trinajstić information content (AvgIpc) is 2.99. The fourth-order valence-corrected chi connectivity index (χ4v) is 3.17. The summed E-state index contributed by atoms with van der Waals surface area (Å²) in [5.74, 6) is 0. The summed E-state index contributed by atoms with van der Waals surface area (Å²) in [5, 5.41) is 3.35. The highest BCUT2D eigenvalue weighted by atomic mass is 35.5. The Morgan fingerprint density at radius 1 is 1.04 bits per heavy atom. The lowest BCUT2D eigenvalue weighted by atomic mass is 10.0. The largest absolute Gasteiger partial charge is 0.293 e. The van der Waals surface area contributed by atoms with Crippen LogP contribution < -0.4 is 5.56 Å². The van der Waals surface area contributed by atoms with E-state index in [1.54, 1.807) is 6.92 Å². The molecule has 1 N–H and O–H groups in total. The zero-order valence-corrected chi connectivity index (χ0v) is 14.4. The summed E-state index contributed by atoms with van der Waals surface area (Å²) in [6.07, 6.45) is 0.671. The molecule has 0 aliphatic carbocycles. The lowest BCUT2D eigenvalue weighted by Crippen LogP contribution is -2.17. The molecule has 0 fully saturated rings. The van der Waals surface area contributed by atoms with E-state index < -0.39 is 0 Å². The lowest BCUT2D eigenvalue weighted by molar-refractivity contribution is 0.859. The Kier molecular flexibility index (Phi) is 3.90. The summed E-state index contributed by atoms with van der Waals surface area (Å²) in [7, 11) is 0. The number of benzene rings is 2. The van der Waals surface area contributed by atoms with Crippen LogP contribution in [0.15, 0.2) is 65.5 Å². The molecule has 0 saturated heterocycles. The molecular formula is C20H16ClN3O. The van der Waals surface area contributed by atoms with Crippen molar-refractivity contribution < 1.29 is 0 Å². The predicted octanol–water partition coefficient (Wildman–Crippen LogP) is 4.24. The molecule has 4 aromatic rings. The molecule has 4 rings (SSSR count). The van der Waals surface area contributed by atoms with E-state index in [1.165, 1.54) is 4.52 Å². The Labute approximate surface area is 149 Å². The van der Waals surface area contributed by atoms with Gasteiger partial charge in [-0.15, -0.1) is 0 Å². The SMILES string of the molecule is Cc1nc2c(-c3ccccc3)c(Cc3ccccc3)[nH]n2c(=O)c1Cl. The second-order valence-electron chi connectivity index (χ2n) is 5.97. The average molecular weight is 350 g/mol. The van der Waals surface area contributed by atoms with Crippen LogP contribution in [0.1, 0.15) is 17.0 Å². The van der Waals surface area contributed by atoms with Crippen LogP contribution in [0.5, 0.6) is 0 Å². The standard InChI is InChI=1S/C20H16ClN3O/c1-13-18(21)20(25)24-19(22-13)17(15-10-6-3-7-11-15)16(23-24)12-14-8-4-2-5-9-14/h2-11,23H,12H2,1H3. The summed E-state index contributed by atoms with van der Waals surface area (Å²) in [6.45, 7) is 1.75. The molecule has 0 bridgehead atoms. The van der Waals surface area contributed by atoms with Gasteiger partial charge in [0, 0.05) is 17.7 Å². The molecule has 0 unspecified atom stereocenters. The molecule has 0 aliphatic rings. The molecule has 2 aromatic carbocycles. The normalized spacial score (nSPS) is 11.1. The Bertz CT molecular complexity index is 1100. The van der Waals surface area contributed by atoms with Gasteiger partial charge in [0.2, 0.25) is 0 Å². The van der Waals surface area contributed by atoms with Crippen LogP contribution in [0.4, 0.5) is 0 Å². The predicted molar refractivity (Wildman–Crippen MR) is 100 cm³/mol. The van der Waals surface area contributed by atoms with Crippen LogP contribution >= 0.6 is 11.6 Å². The van der Waals surface area contributed by atoms with Crippen LogP contribution in [0, 0.1) is 6.92 Å². The van der Waals surface area contributed by atoms with Crippen molar-refractivity contribution in [3.63, 3.8) is 0 Å². The molecule has 4 nitrogen and oxygen atoms in total. The van der Waals surface area contributed by atoms with E-state index in [1.807, 2.05) is 48.5 Å². The quantitative estimate of drug-likeness (QED) is 0.601. The van der Waals surface area contributed by atoms with Crippen molar-refractivity contribution in [1.29, 1.82) is 0 Å². The van der Waals surface area contributed by atoms with Crippen molar-refractivity contribution in [3.05, 3.63) is 93.0 Å². The first-order chi connectivity index (χ1) is 12.1. The van der Waals surface area contributed by atoms with Gasteiger partial charge in [0.15, 0.2) is 5.65 Å². The molecule has 0 amide bonds. The molecule has 2 aromatic heterocycles. The smallest absolute Gasteiger partial charge is 0.291 e. The van der Waals surface area contributed by atoms with Crippen LogP contribution in [-0.2, 0) is 6.42 Å². The van der Waals surface area contributed by atoms with Gasteiger partial charge in [-0.3, -0.25) is 9.89 Å². The Hall–Kier alpha value is -2.85. The van der Waals surface area contributed by atoms with Crippen molar-refractivity contribution in [3.8, 4) is 11.1 Å². The van der Waals surface area contributed by atoms with Crippen LogP contribution in [-0.4, -0.2) is 14.6 Å². The van der Waals surface area contributed by atoms with Crippen molar-refractivity contribution >= 4 is 17.2 Å². The van der Waals surface area contributed by atoms with Crippen molar-refractivity contribution in [2.45, 2.75) is 13.3 Å². The second-order valence-corrected chi connectivity index (χ2v) is 6.35. The third kappa shape index (κ3) is 2.75. The monoisotopic (exact) mass is 349 g/mol. The summed E-state index contributed by atoms with van der Waals surface area (Å²) in [6, 6.07) is 20.1. The van der Waals surface area contributed by atoms with Gasteiger partial charge in [-0.05, 0) is 18.1 Å². The van der Waals surface area contributed by atoms with E-state index >= 15 is 0 Å². The number of aromatic nitrogens is 3. The number of aryl methyl sites for hydroxylation is 1. The van der Waals surface area contributed by atoms with Gasteiger partial charge < -0.3 is 0 Å². The van der Waals surface area contributed by atoms with Gasteiger partial charge in [-0.2, -0.15) is 4.52 Å². The van der Waals surface area contributed by atoms with Gasteiger partial charge in [-0.25, -0.2) is 4.98 Å². The lowest BCUT2D eigenvalue weighted by Gasteiger charge is -2.04. The maximum atomic E-state index is 12.6. The Morgan fingerprint density at radius 2 is 1.68 bits per heavy atom. The Balaban J connectivity index is 2.01. The molecule has 0 saturated carbocycles. The van der Waals surface area contributed by atoms with Crippen molar-refractivity contribution in [1.82, 2.24) is 14.6 Å². The minimum atomic E-state index is -0.277. The minimum absolute atomic E-state index is 0.143. The number of nitrogens with one attached hydrogen (secondary N) is 1. The van der Waals surface area contributed by atoms with Gasteiger partial charge in [0.05, 0.1) is 5.69 Å². The molecule has 2 heterocycles. The molecule has 0 atom stereocenters. The first-order valence-electron chi connectivity index (χ1n) is 8.04. The van der Waals surface area contributed by atoms with Crippen LogP contribution in [0.3, 0.4) is 0 Å². The molecule has 5 heteroatoms. The fourth-order valence-electron chi connectivity index (χ4n) is 3.04. The molecule has 124 valence electrons. The number of hydrogen-bond donors (Lipinski definition) is 1. The number of fused-ring (bicyclic) bond motifs is 1. The number of nitrogens with zero attached hydrogens (tertiary/aromatic N) is 2. The zero-order valence-electron chi connectivity index (χ0n) is 13.7. The summed E-state index contributed by atoms with van der Waals surface area (Å²) in [5.41, 5.74) is 4.90. The number of H-pyrrole nitrogens is 1. The van der Waals surface area contributed by atoms with Crippen molar-refractivity contribution in [2.75, 3.05) is 0 Å². The highest BCUT2D eigenvalue weighted by Gasteiger charge is 2.18. The number of hydrogen-bond acceptors (Lipinski definition) is 2. The van der Waals surface area contributed by atoms with Crippen LogP contribution in [0.2, 0.25) is 5.02 Å². The highest BCUT2D eigenvalue weighted by Crippen LogP contribution is 2.29. The number of rotatable bonds is 3. The van der Waals surface area contributed by atoms with Gasteiger partial charge in [0.25, 0.3) is 5.56 Å². The number of halogens is 1. The molecule has 0 radical (unpaired) electrons. The maximum Gasteiger partial charge on any atom is 0.291 e.